The Bertz CT molecular complexity index is 392. The van der Waals surface area contributed by atoms with E-state index in [0.717, 1.165) is 25.9 Å². The molecule has 0 bridgehead atoms. The van der Waals surface area contributed by atoms with E-state index in [2.05, 4.69) is 18.3 Å². The summed E-state index contributed by atoms with van der Waals surface area (Å²) in [6, 6.07) is 6.55. The van der Waals surface area contributed by atoms with Gasteiger partial charge in [0.1, 0.15) is 5.75 Å². The fourth-order valence-electron chi connectivity index (χ4n) is 2.68. The van der Waals surface area contributed by atoms with Crippen molar-refractivity contribution >= 4 is 0 Å². The number of ether oxygens (including phenoxy) is 1. The van der Waals surface area contributed by atoms with Gasteiger partial charge in [-0.1, -0.05) is 6.07 Å². The fourth-order valence-corrected chi connectivity index (χ4v) is 2.68. The van der Waals surface area contributed by atoms with Gasteiger partial charge in [0.25, 0.3) is 0 Å². The average Bonchev–Trinajstić information content (AvgIpc) is 2.37. The van der Waals surface area contributed by atoms with Gasteiger partial charge in [-0.3, -0.25) is 0 Å². The number of hydrogen-bond acceptors (Lipinski definition) is 3. The smallest absolute Gasteiger partial charge is 0.115 e. The van der Waals surface area contributed by atoms with Gasteiger partial charge in [0.2, 0.25) is 0 Å². The van der Waals surface area contributed by atoms with Crippen molar-refractivity contribution in [2.45, 2.75) is 44.7 Å². The van der Waals surface area contributed by atoms with Gasteiger partial charge in [0.05, 0.1) is 0 Å². The van der Waals surface area contributed by atoms with Gasteiger partial charge in [-0.15, -0.1) is 0 Å². The van der Waals surface area contributed by atoms with E-state index >= 15 is 0 Å². The van der Waals surface area contributed by atoms with Crippen molar-refractivity contribution in [2.24, 2.45) is 0 Å². The molecule has 1 aromatic carbocycles. The Balaban J connectivity index is 2.05. The highest BCUT2D eigenvalue weighted by atomic mass is 16.5. The normalized spacial score (nSPS) is 20.4. The van der Waals surface area contributed by atoms with Crippen LogP contribution in [0.5, 0.6) is 5.75 Å². The molecule has 0 fully saturated rings. The highest BCUT2D eigenvalue weighted by Gasteiger charge is 2.21. The van der Waals surface area contributed by atoms with Crippen LogP contribution in [0.2, 0.25) is 0 Å². The molecular formula is C15H23NO2. The van der Waals surface area contributed by atoms with Crippen LogP contribution < -0.4 is 5.32 Å². The quantitative estimate of drug-likeness (QED) is 0.843. The molecule has 0 aliphatic heterocycles. The largest absolute Gasteiger partial charge is 0.508 e. The Morgan fingerprint density at radius 3 is 3.11 bits per heavy atom. The number of hydrogen-bond donors (Lipinski definition) is 2. The van der Waals surface area contributed by atoms with Crippen molar-refractivity contribution in [1.29, 1.82) is 0 Å². The SMILES string of the molecule is COCCC(C)NC1CCCc2ccc(O)cc21. The molecule has 0 saturated carbocycles. The minimum absolute atomic E-state index is 0.368. The predicted molar refractivity (Wildman–Crippen MR) is 72.9 cm³/mol. The number of methoxy groups -OCH3 is 1. The third kappa shape index (κ3) is 3.24. The van der Waals surface area contributed by atoms with Crippen molar-refractivity contribution < 1.29 is 9.84 Å². The first-order valence-corrected chi connectivity index (χ1v) is 6.77. The van der Waals surface area contributed by atoms with Gasteiger partial charge in [-0.2, -0.15) is 0 Å². The zero-order valence-electron chi connectivity index (χ0n) is 11.3. The van der Waals surface area contributed by atoms with Crippen molar-refractivity contribution in [2.75, 3.05) is 13.7 Å². The van der Waals surface area contributed by atoms with Gasteiger partial charge in [-0.05, 0) is 55.9 Å². The minimum Gasteiger partial charge on any atom is -0.508 e. The molecule has 2 N–H and O–H groups in total. The Morgan fingerprint density at radius 1 is 1.50 bits per heavy atom. The second kappa shape index (κ2) is 6.21. The lowest BCUT2D eigenvalue weighted by molar-refractivity contribution is 0.181. The lowest BCUT2D eigenvalue weighted by Gasteiger charge is -2.29. The number of phenolic OH excluding ortho intramolecular Hbond substituents is 1. The van der Waals surface area contributed by atoms with Crippen LogP contribution >= 0.6 is 0 Å². The van der Waals surface area contributed by atoms with Crippen LogP contribution in [0.15, 0.2) is 18.2 Å². The monoisotopic (exact) mass is 249 g/mol. The van der Waals surface area contributed by atoms with Gasteiger partial charge >= 0.3 is 0 Å². The van der Waals surface area contributed by atoms with Crippen LogP contribution in [0.25, 0.3) is 0 Å². The van der Waals surface area contributed by atoms with Crippen molar-refractivity contribution in [3.8, 4) is 5.75 Å². The summed E-state index contributed by atoms with van der Waals surface area (Å²) in [6.07, 6.45) is 4.50. The maximum absolute atomic E-state index is 9.63. The summed E-state index contributed by atoms with van der Waals surface area (Å²) in [5, 5.41) is 13.3. The number of fused-ring (bicyclic) bond motifs is 1. The second-order valence-corrected chi connectivity index (χ2v) is 5.18. The molecule has 3 nitrogen and oxygen atoms in total. The molecule has 2 atom stereocenters. The second-order valence-electron chi connectivity index (χ2n) is 5.18. The summed E-state index contributed by atoms with van der Waals surface area (Å²) in [6.45, 7) is 2.98. The van der Waals surface area contributed by atoms with Crippen LogP contribution in [-0.2, 0) is 11.2 Å². The zero-order chi connectivity index (χ0) is 13.0. The summed E-state index contributed by atoms with van der Waals surface area (Å²) >= 11 is 0. The Kier molecular flexibility index (Phi) is 4.61. The van der Waals surface area contributed by atoms with E-state index in [1.54, 1.807) is 13.2 Å². The van der Waals surface area contributed by atoms with Crippen LogP contribution in [0.1, 0.15) is 43.4 Å². The molecule has 0 spiro atoms. The van der Waals surface area contributed by atoms with Crippen LogP contribution in [0.4, 0.5) is 0 Å². The van der Waals surface area contributed by atoms with Crippen molar-refractivity contribution in [3.63, 3.8) is 0 Å². The van der Waals surface area contributed by atoms with E-state index in [9.17, 15) is 5.11 Å². The van der Waals surface area contributed by atoms with Crippen molar-refractivity contribution in [3.05, 3.63) is 29.3 Å². The average molecular weight is 249 g/mol. The van der Waals surface area contributed by atoms with E-state index in [4.69, 9.17) is 4.74 Å². The molecule has 0 amide bonds. The summed E-state index contributed by atoms with van der Waals surface area (Å²) in [4.78, 5) is 0. The van der Waals surface area contributed by atoms with E-state index < -0.39 is 0 Å². The molecule has 1 aliphatic carbocycles. The van der Waals surface area contributed by atoms with Crippen molar-refractivity contribution in [1.82, 2.24) is 5.32 Å². The van der Waals surface area contributed by atoms with E-state index in [1.165, 1.54) is 17.5 Å². The molecule has 0 radical (unpaired) electrons. The first kappa shape index (κ1) is 13.4. The first-order chi connectivity index (χ1) is 8.70. The number of aryl methyl sites for hydroxylation is 1. The predicted octanol–water partition coefficient (Wildman–Crippen LogP) is 2.78. The first-order valence-electron chi connectivity index (χ1n) is 6.77. The molecule has 2 rings (SSSR count). The molecule has 18 heavy (non-hydrogen) atoms. The molecule has 2 unspecified atom stereocenters. The summed E-state index contributed by atoms with van der Waals surface area (Å²) < 4.78 is 5.11. The zero-order valence-corrected chi connectivity index (χ0v) is 11.3. The third-order valence-electron chi connectivity index (χ3n) is 3.68. The fraction of sp³-hybridized carbons (Fsp3) is 0.600. The molecule has 3 heteroatoms. The molecule has 100 valence electrons. The molecule has 1 aromatic rings. The number of rotatable bonds is 5. The maximum atomic E-state index is 9.63. The lowest BCUT2D eigenvalue weighted by Crippen LogP contribution is -2.33. The van der Waals surface area contributed by atoms with Gasteiger partial charge in [0, 0.05) is 25.8 Å². The Labute approximate surface area is 109 Å². The number of aromatic hydroxyl groups is 1. The molecule has 0 heterocycles. The number of phenols is 1. The highest BCUT2D eigenvalue weighted by molar-refractivity contribution is 5.38. The summed E-state index contributed by atoms with van der Waals surface area (Å²) in [5.41, 5.74) is 2.64. The maximum Gasteiger partial charge on any atom is 0.115 e. The Hall–Kier alpha value is -1.06. The summed E-state index contributed by atoms with van der Waals surface area (Å²) in [5.74, 6) is 0.368. The van der Waals surface area contributed by atoms with Gasteiger partial charge in [-0.25, -0.2) is 0 Å². The molecule has 0 saturated heterocycles. The van der Waals surface area contributed by atoms with Gasteiger partial charge < -0.3 is 15.2 Å². The molecular weight excluding hydrogens is 226 g/mol. The number of benzene rings is 1. The van der Waals surface area contributed by atoms with Gasteiger partial charge in [0.15, 0.2) is 0 Å². The highest BCUT2D eigenvalue weighted by Crippen LogP contribution is 2.32. The van der Waals surface area contributed by atoms with Crippen LogP contribution in [0, 0.1) is 0 Å². The lowest BCUT2D eigenvalue weighted by atomic mass is 9.87. The number of nitrogens with one attached hydrogen (secondary N) is 1. The van der Waals surface area contributed by atoms with E-state index in [1.807, 2.05) is 6.07 Å². The molecule has 1 aliphatic rings. The summed E-state index contributed by atoms with van der Waals surface area (Å²) in [7, 11) is 1.74. The minimum atomic E-state index is 0.368. The van der Waals surface area contributed by atoms with Crippen LogP contribution in [0.3, 0.4) is 0 Å². The molecule has 0 aromatic heterocycles. The van der Waals surface area contributed by atoms with E-state index in [-0.39, 0.29) is 0 Å². The standard InChI is InChI=1S/C15H23NO2/c1-11(8-9-18-2)16-15-5-3-4-12-6-7-13(17)10-14(12)15/h6-7,10-11,15-17H,3-5,8-9H2,1-2H3. The third-order valence-corrected chi connectivity index (χ3v) is 3.68. The Morgan fingerprint density at radius 2 is 2.33 bits per heavy atom. The van der Waals surface area contributed by atoms with Crippen LogP contribution in [-0.4, -0.2) is 24.9 Å². The topological polar surface area (TPSA) is 41.5 Å². The van der Waals surface area contributed by atoms with E-state index in [0.29, 0.717) is 17.8 Å².